The lowest BCUT2D eigenvalue weighted by atomic mass is 9.96. The van der Waals surface area contributed by atoms with Crippen LogP contribution in [0.25, 0.3) is 0 Å². The molecule has 0 aromatic rings. The van der Waals surface area contributed by atoms with Crippen LogP contribution in [0, 0.1) is 5.92 Å². The summed E-state index contributed by atoms with van der Waals surface area (Å²) in [7, 11) is 0. The monoisotopic (exact) mass is 256 g/mol. The number of carbonyl (C=O) groups excluding carboxylic acids is 1. The molecule has 1 rings (SSSR count). The predicted molar refractivity (Wildman–Crippen MR) is 69.4 cm³/mol. The summed E-state index contributed by atoms with van der Waals surface area (Å²) in [4.78, 5) is 25.2. The molecule has 0 aromatic heterocycles. The van der Waals surface area contributed by atoms with E-state index in [2.05, 4.69) is 5.32 Å². The Labute approximate surface area is 109 Å². The molecule has 1 saturated carbocycles. The summed E-state index contributed by atoms with van der Waals surface area (Å²) >= 11 is 0. The first-order chi connectivity index (χ1) is 8.36. The average molecular weight is 256 g/mol. The lowest BCUT2D eigenvalue weighted by molar-refractivity contribution is -0.144. The lowest BCUT2D eigenvalue weighted by Gasteiger charge is -2.33. The molecule has 1 aliphatic carbocycles. The fourth-order valence-electron chi connectivity index (χ4n) is 2.16. The number of aliphatic carboxylic acids is 1. The number of amides is 2. The van der Waals surface area contributed by atoms with Gasteiger partial charge in [-0.1, -0.05) is 6.92 Å². The van der Waals surface area contributed by atoms with E-state index >= 15 is 0 Å². The second-order valence-corrected chi connectivity index (χ2v) is 5.26. The third-order valence-corrected chi connectivity index (χ3v) is 3.93. The van der Waals surface area contributed by atoms with E-state index in [4.69, 9.17) is 0 Å². The van der Waals surface area contributed by atoms with Crippen molar-refractivity contribution in [3.63, 3.8) is 0 Å². The van der Waals surface area contributed by atoms with E-state index in [1.165, 1.54) is 0 Å². The summed E-state index contributed by atoms with van der Waals surface area (Å²) in [6.45, 7) is 8.08. The molecular formula is C13H24N2O3. The van der Waals surface area contributed by atoms with Crippen molar-refractivity contribution in [3.05, 3.63) is 0 Å². The van der Waals surface area contributed by atoms with Crippen molar-refractivity contribution >= 4 is 12.0 Å². The fraction of sp³-hybridized carbons (Fsp3) is 0.846. The van der Waals surface area contributed by atoms with Gasteiger partial charge in [-0.15, -0.1) is 0 Å². The van der Waals surface area contributed by atoms with Gasteiger partial charge in [0.1, 0.15) is 5.54 Å². The van der Waals surface area contributed by atoms with Crippen LogP contribution in [0.2, 0.25) is 0 Å². The Balaban J connectivity index is 2.74. The number of carboxylic acids is 1. The molecule has 0 bridgehead atoms. The van der Waals surface area contributed by atoms with Gasteiger partial charge in [-0.25, -0.2) is 9.59 Å². The largest absolute Gasteiger partial charge is 0.480 e. The van der Waals surface area contributed by atoms with Crippen molar-refractivity contribution < 1.29 is 14.7 Å². The first kappa shape index (κ1) is 14.8. The maximum Gasteiger partial charge on any atom is 0.329 e. The zero-order valence-corrected chi connectivity index (χ0v) is 11.7. The number of nitrogens with zero attached hydrogens (tertiary/aromatic N) is 1. The molecule has 0 spiro atoms. The number of carboxylic acid groups (broad SMARTS) is 1. The number of hydrogen-bond donors (Lipinski definition) is 2. The van der Waals surface area contributed by atoms with E-state index in [1.807, 2.05) is 20.8 Å². The highest BCUT2D eigenvalue weighted by molar-refractivity contribution is 5.86. The second-order valence-electron chi connectivity index (χ2n) is 5.26. The molecule has 0 radical (unpaired) electrons. The number of urea groups is 1. The van der Waals surface area contributed by atoms with Gasteiger partial charge in [-0.3, -0.25) is 0 Å². The molecule has 2 atom stereocenters. The number of rotatable bonds is 6. The highest BCUT2D eigenvalue weighted by atomic mass is 16.4. The van der Waals surface area contributed by atoms with Crippen LogP contribution in [-0.4, -0.2) is 40.1 Å². The quantitative estimate of drug-likeness (QED) is 0.764. The summed E-state index contributed by atoms with van der Waals surface area (Å²) in [5, 5.41) is 12.0. The Morgan fingerprint density at radius 2 is 2.00 bits per heavy atom. The Kier molecular flexibility index (Phi) is 4.59. The normalized spacial score (nSPS) is 19.8. The van der Waals surface area contributed by atoms with Gasteiger partial charge in [0, 0.05) is 12.6 Å². The molecule has 18 heavy (non-hydrogen) atoms. The van der Waals surface area contributed by atoms with Crippen molar-refractivity contribution in [2.24, 2.45) is 5.92 Å². The number of hydrogen-bond acceptors (Lipinski definition) is 2. The Morgan fingerprint density at radius 3 is 2.33 bits per heavy atom. The molecule has 0 heterocycles. The summed E-state index contributed by atoms with van der Waals surface area (Å²) < 4.78 is 0. The van der Waals surface area contributed by atoms with Crippen LogP contribution in [0.3, 0.4) is 0 Å². The van der Waals surface area contributed by atoms with Gasteiger partial charge in [-0.05, 0) is 46.0 Å². The van der Waals surface area contributed by atoms with Gasteiger partial charge >= 0.3 is 12.0 Å². The smallest absolute Gasteiger partial charge is 0.329 e. The Morgan fingerprint density at radius 1 is 1.44 bits per heavy atom. The van der Waals surface area contributed by atoms with Crippen molar-refractivity contribution in [2.45, 2.75) is 58.5 Å². The minimum absolute atomic E-state index is 0.0644. The van der Waals surface area contributed by atoms with Gasteiger partial charge in [0.05, 0.1) is 0 Å². The van der Waals surface area contributed by atoms with Crippen molar-refractivity contribution in [2.75, 3.05) is 6.54 Å². The van der Waals surface area contributed by atoms with E-state index in [9.17, 15) is 14.7 Å². The Hall–Kier alpha value is -1.26. The van der Waals surface area contributed by atoms with Crippen molar-refractivity contribution in [1.29, 1.82) is 0 Å². The average Bonchev–Trinajstić information content (AvgIpc) is 3.13. The van der Waals surface area contributed by atoms with E-state index < -0.39 is 11.5 Å². The summed E-state index contributed by atoms with van der Waals surface area (Å²) in [5.41, 5.74) is -1.13. The third-order valence-electron chi connectivity index (χ3n) is 3.93. The van der Waals surface area contributed by atoms with Gasteiger partial charge in [-0.2, -0.15) is 0 Å². The molecule has 104 valence electrons. The SMILES string of the molecule is CCC(C)N(CC)C(=O)NC(C)(C(=O)O)C1CC1. The minimum atomic E-state index is -1.13. The standard InChI is InChI=1S/C13H24N2O3/c1-5-9(3)15(6-2)12(18)14-13(4,11(16)17)10-7-8-10/h9-10H,5-8H2,1-4H3,(H,14,18)(H,16,17). The highest BCUT2D eigenvalue weighted by Crippen LogP contribution is 2.39. The van der Waals surface area contributed by atoms with E-state index in [0.717, 1.165) is 19.3 Å². The molecule has 0 aliphatic heterocycles. The van der Waals surface area contributed by atoms with Crippen molar-refractivity contribution in [3.8, 4) is 0 Å². The minimum Gasteiger partial charge on any atom is -0.480 e. The van der Waals surface area contributed by atoms with Gasteiger partial charge < -0.3 is 15.3 Å². The molecule has 5 nitrogen and oxygen atoms in total. The van der Waals surface area contributed by atoms with Crippen LogP contribution in [0.4, 0.5) is 4.79 Å². The van der Waals surface area contributed by atoms with Gasteiger partial charge in [0.2, 0.25) is 0 Å². The fourth-order valence-corrected chi connectivity index (χ4v) is 2.16. The van der Waals surface area contributed by atoms with E-state index in [1.54, 1.807) is 11.8 Å². The van der Waals surface area contributed by atoms with Crippen LogP contribution >= 0.6 is 0 Å². The van der Waals surface area contributed by atoms with Crippen LogP contribution in [0.15, 0.2) is 0 Å². The molecule has 2 unspecified atom stereocenters. The van der Waals surface area contributed by atoms with E-state index in [0.29, 0.717) is 6.54 Å². The summed E-state index contributed by atoms with van der Waals surface area (Å²) in [6, 6.07) is -0.157. The lowest BCUT2D eigenvalue weighted by Crippen LogP contribution is -2.58. The first-order valence-corrected chi connectivity index (χ1v) is 6.68. The molecule has 5 heteroatoms. The second kappa shape index (κ2) is 5.59. The van der Waals surface area contributed by atoms with Crippen molar-refractivity contribution in [1.82, 2.24) is 10.2 Å². The molecule has 1 aliphatic rings. The number of carbonyl (C=O) groups is 2. The third kappa shape index (κ3) is 2.94. The molecule has 1 fully saturated rings. The number of nitrogens with one attached hydrogen (secondary N) is 1. The molecule has 0 saturated heterocycles. The summed E-state index contributed by atoms with van der Waals surface area (Å²) in [5.74, 6) is -0.881. The topological polar surface area (TPSA) is 69.6 Å². The molecular weight excluding hydrogens is 232 g/mol. The summed E-state index contributed by atoms with van der Waals surface area (Å²) in [6.07, 6.45) is 2.60. The van der Waals surface area contributed by atoms with Crippen LogP contribution in [0.1, 0.15) is 47.0 Å². The van der Waals surface area contributed by atoms with Gasteiger partial charge in [0.15, 0.2) is 0 Å². The zero-order valence-electron chi connectivity index (χ0n) is 11.7. The molecule has 2 amide bonds. The highest BCUT2D eigenvalue weighted by Gasteiger charge is 2.49. The maximum atomic E-state index is 12.2. The van der Waals surface area contributed by atoms with Crippen LogP contribution in [-0.2, 0) is 4.79 Å². The molecule has 0 aromatic carbocycles. The zero-order chi connectivity index (χ0) is 13.9. The van der Waals surface area contributed by atoms with Crippen LogP contribution in [0.5, 0.6) is 0 Å². The predicted octanol–water partition coefficient (Wildman–Crippen LogP) is 2.07. The first-order valence-electron chi connectivity index (χ1n) is 6.68. The molecule has 2 N–H and O–H groups in total. The van der Waals surface area contributed by atoms with E-state index in [-0.39, 0.29) is 18.0 Å². The van der Waals surface area contributed by atoms with Gasteiger partial charge in [0.25, 0.3) is 0 Å². The van der Waals surface area contributed by atoms with Crippen LogP contribution < -0.4 is 5.32 Å². The Bertz CT molecular complexity index is 328. The maximum absolute atomic E-state index is 12.2.